The summed E-state index contributed by atoms with van der Waals surface area (Å²) < 4.78 is 1.90. The molecule has 3 atom stereocenters. The molecule has 3 unspecified atom stereocenters. The number of fused-ring (bicyclic) bond motifs is 1. The molecule has 2 aliphatic rings. The standard InChI is InChI=1S/C17H22N6/c18-13-7-6-12(10-13)17(19)11-15(16-20-8-9-23(16)22-17)21-14-4-2-1-3-5-14/h1-5,8-9,11-13,21-22H,6-7,10,18-19H2. The van der Waals surface area contributed by atoms with Crippen LogP contribution in [-0.4, -0.2) is 21.4 Å². The van der Waals surface area contributed by atoms with Crippen molar-refractivity contribution in [3.8, 4) is 0 Å². The van der Waals surface area contributed by atoms with Gasteiger partial charge < -0.3 is 22.2 Å². The Morgan fingerprint density at radius 2 is 2.09 bits per heavy atom. The number of nitrogens with two attached hydrogens (primary N) is 2. The smallest absolute Gasteiger partial charge is 0.174 e. The molecule has 1 aliphatic heterocycles. The van der Waals surface area contributed by atoms with Gasteiger partial charge in [0.2, 0.25) is 0 Å². The van der Waals surface area contributed by atoms with E-state index in [0.29, 0.717) is 5.92 Å². The maximum absolute atomic E-state index is 6.71. The second-order valence-electron chi connectivity index (χ2n) is 6.48. The first-order valence-electron chi connectivity index (χ1n) is 8.05. The zero-order valence-corrected chi connectivity index (χ0v) is 12.9. The number of benzene rings is 1. The normalized spacial score (nSPS) is 29.6. The number of nitrogens with zero attached hydrogens (tertiary/aromatic N) is 2. The average Bonchev–Trinajstić information content (AvgIpc) is 3.17. The van der Waals surface area contributed by atoms with E-state index in [1.165, 1.54) is 0 Å². The van der Waals surface area contributed by atoms with Crippen molar-refractivity contribution in [3.05, 3.63) is 54.6 Å². The Hall–Kier alpha value is -2.31. The minimum absolute atomic E-state index is 0.241. The lowest BCUT2D eigenvalue weighted by atomic mass is 9.90. The van der Waals surface area contributed by atoms with E-state index in [1.54, 1.807) is 6.20 Å². The van der Waals surface area contributed by atoms with Gasteiger partial charge in [-0.15, -0.1) is 0 Å². The molecule has 1 saturated carbocycles. The first kappa shape index (κ1) is 14.3. The number of rotatable bonds is 3. The van der Waals surface area contributed by atoms with Crippen molar-refractivity contribution in [2.45, 2.75) is 31.0 Å². The van der Waals surface area contributed by atoms with Gasteiger partial charge in [0.1, 0.15) is 5.66 Å². The highest BCUT2D eigenvalue weighted by Crippen LogP contribution is 2.36. The van der Waals surface area contributed by atoms with Crippen LogP contribution in [0.3, 0.4) is 0 Å². The van der Waals surface area contributed by atoms with Crippen LogP contribution in [0.25, 0.3) is 5.70 Å². The van der Waals surface area contributed by atoms with E-state index < -0.39 is 5.66 Å². The summed E-state index contributed by atoms with van der Waals surface area (Å²) in [6.07, 6.45) is 8.72. The number of nitrogens with one attached hydrogen (secondary N) is 2. The van der Waals surface area contributed by atoms with E-state index in [2.05, 4.69) is 21.8 Å². The van der Waals surface area contributed by atoms with Crippen LogP contribution in [-0.2, 0) is 0 Å². The van der Waals surface area contributed by atoms with Gasteiger partial charge in [-0.05, 0) is 37.5 Å². The Kier molecular flexibility index (Phi) is 3.36. The van der Waals surface area contributed by atoms with Gasteiger partial charge in [-0.3, -0.25) is 0 Å². The van der Waals surface area contributed by atoms with Crippen molar-refractivity contribution < 1.29 is 0 Å². The minimum atomic E-state index is -0.626. The lowest BCUT2D eigenvalue weighted by Crippen LogP contribution is -2.57. The average molecular weight is 310 g/mol. The minimum Gasteiger partial charge on any atom is -0.353 e. The molecule has 0 spiro atoms. The Balaban J connectivity index is 1.69. The molecule has 1 aliphatic carbocycles. The van der Waals surface area contributed by atoms with E-state index in [4.69, 9.17) is 11.5 Å². The molecular weight excluding hydrogens is 288 g/mol. The molecule has 2 aromatic rings. The van der Waals surface area contributed by atoms with E-state index in [-0.39, 0.29) is 6.04 Å². The van der Waals surface area contributed by atoms with E-state index in [0.717, 1.165) is 36.5 Å². The Morgan fingerprint density at radius 1 is 1.26 bits per heavy atom. The van der Waals surface area contributed by atoms with E-state index in [1.807, 2.05) is 41.2 Å². The second-order valence-corrected chi connectivity index (χ2v) is 6.48. The monoisotopic (exact) mass is 310 g/mol. The molecule has 4 rings (SSSR count). The van der Waals surface area contributed by atoms with Crippen molar-refractivity contribution in [2.24, 2.45) is 17.4 Å². The zero-order chi connectivity index (χ0) is 15.9. The quantitative estimate of drug-likeness (QED) is 0.692. The predicted molar refractivity (Wildman–Crippen MR) is 91.9 cm³/mol. The summed E-state index contributed by atoms with van der Waals surface area (Å²) in [6, 6.07) is 10.3. The number of para-hydroxylation sites is 1. The fraction of sp³-hybridized carbons (Fsp3) is 0.353. The van der Waals surface area contributed by atoms with Gasteiger partial charge in [0.05, 0.1) is 5.70 Å². The fourth-order valence-corrected chi connectivity index (χ4v) is 3.57. The molecule has 0 bridgehead atoms. The summed E-state index contributed by atoms with van der Waals surface area (Å²) in [7, 11) is 0. The Morgan fingerprint density at radius 3 is 2.83 bits per heavy atom. The van der Waals surface area contributed by atoms with Crippen molar-refractivity contribution in [2.75, 3.05) is 10.7 Å². The number of hydrogen-bond donors (Lipinski definition) is 4. The van der Waals surface area contributed by atoms with Crippen LogP contribution in [0, 0.1) is 5.92 Å². The maximum Gasteiger partial charge on any atom is 0.174 e. The number of hydrogen-bond acceptors (Lipinski definition) is 5. The SMILES string of the molecule is NC1CCC(C2(N)C=C(Nc3ccccc3)c3nccn3N2)C1. The number of aromatic nitrogens is 2. The van der Waals surface area contributed by atoms with Crippen LogP contribution in [0.4, 0.5) is 5.69 Å². The Labute approximate surface area is 135 Å². The van der Waals surface area contributed by atoms with Gasteiger partial charge >= 0.3 is 0 Å². The molecule has 0 radical (unpaired) electrons. The molecule has 1 fully saturated rings. The molecule has 2 heterocycles. The number of imidazole rings is 1. The van der Waals surface area contributed by atoms with Crippen molar-refractivity contribution in [1.82, 2.24) is 9.66 Å². The molecule has 120 valence electrons. The van der Waals surface area contributed by atoms with Gasteiger partial charge in [0.15, 0.2) is 5.82 Å². The first-order chi connectivity index (χ1) is 11.1. The van der Waals surface area contributed by atoms with E-state index in [9.17, 15) is 0 Å². The molecule has 6 nitrogen and oxygen atoms in total. The highest BCUT2D eigenvalue weighted by Gasteiger charge is 2.41. The third kappa shape index (κ3) is 2.60. The van der Waals surface area contributed by atoms with Crippen LogP contribution < -0.4 is 22.2 Å². The van der Waals surface area contributed by atoms with Gasteiger partial charge in [-0.2, -0.15) is 0 Å². The van der Waals surface area contributed by atoms with Crippen molar-refractivity contribution >= 4 is 11.4 Å². The van der Waals surface area contributed by atoms with Gasteiger partial charge in [-0.1, -0.05) is 18.2 Å². The van der Waals surface area contributed by atoms with Crippen LogP contribution >= 0.6 is 0 Å². The topological polar surface area (TPSA) is 93.9 Å². The molecule has 0 saturated heterocycles. The summed E-state index contributed by atoms with van der Waals surface area (Å²) >= 11 is 0. The third-order valence-corrected chi connectivity index (χ3v) is 4.78. The fourth-order valence-electron chi connectivity index (χ4n) is 3.57. The molecule has 6 heteroatoms. The van der Waals surface area contributed by atoms with Crippen LogP contribution in [0.5, 0.6) is 0 Å². The summed E-state index contributed by atoms with van der Waals surface area (Å²) in [6.45, 7) is 0. The molecule has 23 heavy (non-hydrogen) atoms. The predicted octanol–water partition coefficient (Wildman–Crippen LogP) is 1.68. The maximum atomic E-state index is 6.71. The highest BCUT2D eigenvalue weighted by molar-refractivity contribution is 5.76. The third-order valence-electron chi connectivity index (χ3n) is 4.78. The summed E-state index contributed by atoms with van der Waals surface area (Å²) in [5.41, 5.74) is 17.5. The highest BCUT2D eigenvalue weighted by atomic mass is 15.5. The molecule has 0 amide bonds. The largest absolute Gasteiger partial charge is 0.353 e. The molecular formula is C17H22N6. The lowest BCUT2D eigenvalue weighted by Gasteiger charge is -2.39. The first-order valence-corrected chi connectivity index (χ1v) is 8.05. The molecule has 1 aromatic carbocycles. The lowest BCUT2D eigenvalue weighted by molar-refractivity contribution is 0.342. The molecule has 6 N–H and O–H groups in total. The van der Waals surface area contributed by atoms with Gasteiger partial charge in [-0.25, -0.2) is 9.66 Å². The number of anilines is 1. The summed E-state index contributed by atoms with van der Waals surface area (Å²) in [5, 5.41) is 3.44. The van der Waals surface area contributed by atoms with E-state index >= 15 is 0 Å². The van der Waals surface area contributed by atoms with Gasteiger partial charge in [0, 0.05) is 30.0 Å². The Bertz CT molecular complexity index is 722. The van der Waals surface area contributed by atoms with Crippen LogP contribution in [0.15, 0.2) is 48.8 Å². The molecule has 1 aromatic heterocycles. The zero-order valence-electron chi connectivity index (χ0n) is 12.9. The summed E-state index contributed by atoms with van der Waals surface area (Å²) in [5.74, 6) is 1.14. The van der Waals surface area contributed by atoms with Gasteiger partial charge in [0.25, 0.3) is 0 Å². The van der Waals surface area contributed by atoms with Crippen molar-refractivity contribution in [1.29, 1.82) is 0 Å². The van der Waals surface area contributed by atoms with Crippen LogP contribution in [0.2, 0.25) is 0 Å². The van der Waals surface area contributed by atoms with Crippen molar-refractivity contribution in [3.63, 3.8) is 0 Å². The second kappa shape index (κ2) is 5.40. The summed E-state index contributed by atoms with van der Waals surface area (Å²) in [4.78, 5) is 4.43. The van der Waals surface area contributed by atoms with Crippen LogP contribution in [0.1, 0.15) is 25.1 Å².